The molecule has 0 bridgehead atoms. The third kappa shape index (κ3) is 4.08. The van der Waals surface area contributed by atoms with Crippen molar-refractivity contribution >= 4 is 23.2 Å². The first-order valence-corrected chi connectivity index (χ1v) is 10.6. The summed E-state index contributed by atoms with van der Waals surface area (Å²) in [7, 11) is 0. The van der Waals surface area contributed by atoms with E-state index >= 15 is 0 Å². The number of aromatic nitrogens is 1. The highest BCUT2D eigenvalue weighted by Crippen LogP contribution is 2.41. The first kappa shape index (κ1) is 19.4. The van der Waals surface area contributed by atoms with Crippen LogP contribution >= 0.6 is 11.6 Å². The van der Waals surface area contributed by atoms with Crippen LogP contribution in [0, 0.1) is 5.41 Å². The number of carbonyl (C=O) groups excluding carboxylic acids is 1. The summed E-state index contributed by atoms with van der Waals surface area (Å²) >= 11 is 6.10. The number of nitrogens with zero attached hydrogens (tertiary/aromatic N) is 3. The first-order valence-electron chi connectivity index (χ1n) is 10.3. The minimum atomic E-state index is -0.259. The van der Waals surface area contributed by atoms with Gasteiger partial charge in [-0.25, -0.2) is 4.98 Å². The monoisotopic (exact) mass is 397 g/mol. The van der Waals surface area contributed by atoms with Gasteiger partial charge in [-0.3, -0.25) is 9.69 Å². The molecule has 1 aliphatic carbocycles. The molecule has 4 nitrogen and oxygen atoms in total. The zero-order valence-electron chi connectivity index (χ0n) is 16.5. The number of hydrogen-bond acceptors (Lipinski definition) is 4. The van der Waals surface area contributed by atoms with Crippen molar-refractivity contribution in [2.45, 2.75) is 32.6 Å². The highest BCUT2D eigenvalue weighted by atomic mass is 35.5. The topological polar surface area (TPSA) is 36.4 Å². The third-order valence-electron chi connectivity index (χ3n) is 6.24. The summed E-state index contributed by atoms with van der Waals surface area (Å²) in [6, 6.07) is 11.8. The molecule has 1 aromatic carbocycles. The lowest BCUT2D eigenvalue weighted by atomic mass is 9.81. The van der Waals surface area contributed by atoms with Crippen LogP contribution in [-0.4, -0.2) is 48.4 Å². The Kier molecular flexibility index (Phi) is 5.70. The maximum absolute atomic E-state index is 12.8. The minimum absolute atomic E-state index is 0.259. The summed E-state index contributed by atoms with van der Waals surface area (Å²) in [5.41, 5.74) is 1.73. The molecule has 5 heteroatoms. The van der Waals surface area contributed by atoms with E-state index in [9.17, 15) is 4.79 Å². The number of unbranched alkanes of at least 4 members (excludes halogenated alkanes) is 1. The SMILES string of the molecule is CC1(CCCCN2CCN(c3ccccn3)CC2)Cc2cc(Cl)ccc2C1=O. The number of rotatable bonds is 6. The van der Waals surface area contributed by atoms with E-state index in [0.717, 1.165) is 80.4 Å². The van der Waals surface area contributed by atoms with E-state index < -0.39 is 0 Å². The molecule has 1 unspecified atom stereocenters. The molecule has 0 amide bonds. The Morgan fingerprint density at radius 2 is 1.93 bits per heavy atom. The highest BCUT2D eigenvalue weighted by molar-refractivity contribution is 6.30. The van der Waals surface area contributed by atoms with Crippen LogP contribution in [0.4, 0.5) is 5.82 Å². The lowest BCUT2D eigenvalue weighted by Gasteiger charge is -2.35. The van der Waals surface area contributed by atoms with Gasteiger partial charge in [0.15, 0.2) is 5.78 Å². The standard InChI is InChI=1S/C23H28ClN3O/c1-23(17-18-16-19(24)7-8-20(18)22(23)28)9-3-5-11-26-12-14-27(15-13-26)21-6-2-4-10-25-21/h2,4,6-8,10,16H,3,5,9,11-15,17H2,1H3. The van der Waals surface area contributed by atoms with E-state index in [-0.39, 0.29) is 5.41 Å². The molecule has 0 spiro atoms. The fourth-order valence-corrected chi connectivity index (χ4v) is 4.74. The summed E-state index contributed by atoms with van der Waals surface area (Å²) < 4.78 is 0. The number of benzene rings is 1. The molecule has 1 aliphatic heterocycles. The summed E-state index contributed by atoms with van der Waals surface area (Å²) in [6.45, 7) is 7.45. The van der Waals surface area contributed by atoms with Crippen LogP contribution in [0.15, 0.2) is 42.6 Å². The highest BCUT2D eigenvalue weighted by Gasteiger charge is 2.40. The number of fused-ring (bicyclic) bond motifs is 1. The first-order chi connectivity index (χ1) is 13.5. The van der Waals surface area contributed by atoms with Gasteiger partial charge in [0.2, 0.25) is 0 Å². The van der Waals surface area contributed by atoms with Gasteiger partial charge in [0, 0.05) is 48.4 Å². The number of halogens is 1. The van der Waals surface area contributed by atoms with Crippen molar-refractivity contribution in [1.82, 2.24) is 9.88 Å². The average molecular weight is 398 g/mol. The number of anilines is 1. The van der Waals surface area contributed by atoms with Crippen molar-refractivity contribution in [2.24, 2.45) is 5.41 Å². The van der Waals surface area contributed by atoms with Gasteiger partial charge in [-0.15, -0.1) is 0 Å². The second-order valence-electron chi connectivity index (χ2n) is 8.34. The van der Waals surface area contributed by atoms with E-state index in [0.29, 0.717) is 5.78 Å². The Balaban J connectivity index is 1.21. The molecule has 1 atom stereocenters. The Hall–Kier alpha value is -1.91. The molecule has 1 aromatic heterocycles. The molecule has 0 saturated carbocycles. The normalized spacial score (nSPS) is 22.5. The number of piperazine rings is 1. The number of pyridine rings is 1. The second kappa shape index (κ2) is 8.22. The Labute approximate surface area is 172 Å². The van der Waals surface area contributed by atoms with E-state index in [1.165, 1.54) is 0 Å². The Bertz CT molecular complexity index is 833. The molecule has 1 fully saturated rings. The van der Waals surface area contributed by atoms with Crippen molar-refractivity contribution < 1.29 is 4.79 Å². The van der Waals surface area contributed by atoms with Crippen LogP contribution in [0.2, 0.25) is 5.02 Å². The summed E-state index contributed by atoms with van der Waals surface area (Å²) in [4.78, 5) is 22.2. The van der Waals surface area contributed by atoms with Crippen LogP contribution in [0.5, 0.6) is 0 Å². The summed E-state index contributed by atoms with van der Waals surface area (Å²) in [5, 5.41) is 0.723. The summed E-state index contributed by atoms with van der Waals surface area (Å²) in [5.74, 6) is 1.37. The van der Waals surface area contributed by atoms with Gasteiger partial charge in [-0.05, 0) is 61.7 Å². The van der Waals surface area contributed by atoms with Crippen molar-refractivity contribution in [3.63, 3.8) is 0 Å². The molecule has 28 heavy (non-hydrogen) atoms. The van der Waals surface area contributed by atoms with E-state index in [1.807, 2.05) is 36.5 Å². The Morgan fingerprint density at radius 1 is 1.11 bits per heavy atom. The van der Waals surface area contributed by atoms with Crippen LogP contribution in [0.25, 0.3) is 0 Å². The van der Waals surface area contributed by atoms with Gasteiger partial charge in [0.1, 0.15) is 5.82 Å². The molecular formula is C23H28ClN3O. The smallest absolute Gasteiger partial charge is 0.169 e. The van der Waals surface area contributed by atoms with Crippen LogP contribution < -0.4 is 4.90 Å². The average Bonchev–Trinajstić information content (AvgIpc) is 2.96. The predicted molar refractivity (Wildman–Crippen MR) is 114 cm³/mol. The van der Waals surface area contributed by atoms with Gasteiger partial charge in [0.25, 0.3) is 0 Å². The quantitative estimate of drug-likeness (QED) is 0.674. The van der Waals surface area contributed by atoms with Crippen molar-refractivity contribution in [2.75, 3.05) is 37.6 Å². The van der Waals surface area contributed by atoms with E-state index in [2.05, 4.69) is 27.8 Å². The maximum Gasteiger partial charge on any atom is 0.169 e. The number of hydrogen-bond donors (Lipinski definition) is 0. The van der Waals surface area contributed by atoms with Crippen LogP contribution in [0.3, 0.4) is 0 Å². The zero-order valence-corrected chi connectivity index (χ0v) is 17.3. The van der Waals surface area contributed by atoms with Crippen molar-refractivity contribution in [1.29, 1.82) is 0 Å². The van der Waals surface area contributed by atoms with Gasteiger partial charge in [-0.1, -0.05) is 31.0 Å². The van der Waals surface area contributed by atoms with E-state index in [4.69, 9.17) is 11.6 Å². The predicted octanol–water partition coefficient (Wildman–Crippen LogP) is 4.47. The molecule has 4 rings (SSSR count). The fourth-order valence-electron chi connectivity index (χ4n) is 4.55. The molecule has 2 aromatic rings. The summed E-state index contributed by atoms with van der Waals surface area (Å²) in [6.07, 6.45) is 5.86. The molecule has 1 saturated heterocycles. The maximum atomic E-state index is 12.8. The molecular weight excluding hydrogens is 370 g/mol. The van der Waals surface area contributed by atoms with Gasteiger partial charge >= 0.3 is 0 Å². The third-order valence-corrected chi connectivity index (χ3v) is 6.47. The van der Waals surface area contributed by atoms with Crippen LogP contribution in [0.1, 0.15) is 42.1 Å². The largest absolute Gasteiger partial charge is 0.354 e. The number of ketones is 1. The van der Waals surface area contributed by atoms with Crippen LogP contribution in [-0.2, 0) is 6.42 Å². The Morgan fingerprint density at radius 3 is 2.68 bits per heavy atom. The fraction of sp³-hybridized carbons (Fsp3) is 0.478. The molecule has 148 valence electrons. The van der Waals surface area contributed by atoms with Crippen molar-refractivity contribution in [3.8, 4) is 0 Å². The number of carbonyl (C=O) groups is 1. The molecule has 0 radical (unpaired) electrons. The second-order valence-corrected chi connectivity index (χ2v) is 8.78. The zero-order chi connectivity index (χ0) is 19.6. The van der Waals surface area contributed by atoms with Gasteiger partial charge in [0.05, 0.1) is 0 Å². The van der Waals surface area contributed by atoms with Gasteiger partial charge < -0.3 is 4.90 Å². The lowest BCUT2D eigenvalue weighted by Crippen LogP contribution is -2.46. The van der Waals surface area contributed by atoms with E-state index in [1.54, 1.807) is 0 Å². The lowest BCUT2D eigenvalue weighted by molar-refractivity contribution is 0.0824. The molecule has 2 heterocycles. The minimum Gasteiger partial charge on any atom is -0.354 e. The van der Waals surface area contributed by atoms with Crippen molar-refractivity contribution in [3.05, 3.63) is 58.7 Å². The molecule has 0 N–H and O–H groups in total. The molecule has 2 aliphatic rings. The van der Waals surface area contributed by atoms with Gasteiger partial charge in [-0.2, -0.15) is 0 Å². The number of Topliss-reactive ketones (excluding diaryl/α,β-unsaturated/α-hetero) is 1.